The lowest BCUT2D eigenvalue weighted by molar-refractivity contribution is -0.129. The van der Waals surface area contributed by atoms with Crippen molar-refractivity contribution in [3.8, 4) is 0 Å². The number of halogens is 1. The Hall–Kier alpha value is -2.01. The van der Waals surface area contributed by atoms with Crippen LogP contribution < -0.4 is 0 Å². The van der Waals surface area contributed by atoms with Gasteiger partial charge in [0.1, 0.15) is 5.60 Å². The minimum atomic E-state index is -0.749. The third-order valence-electron chi connectivity index (χ3n) is 4.47. The quantitative estimate of drug-likeness (QED) is 0.853. The Morgan fingerprint density at radius 2 is 2.12 bits per heavy atom. The van der Waals surface area contributed by atoms with Crippen molar-refractivity contribution in [2.24, 2.45) is 0 Å². The van der Waals surface area contributed by atoms with Crippen LogP contribution >= 0.6 is 11.6 Å². The molecular formula is C18H21ClN2O3. The molecular weight excluding hydrogens is 328 g/mol. The van der Waals surface area contributed by atoms with Crippen molar-refractivity contribution in [3.63, 3.8) is 0 Å². The molecule has 1 aliphatic rings. The van der Waals surface area contributed by atoms with Gasteiger partial charge in [0.2, 0.25) is 5.91 Å². The van der Waals surface area contributed by atoms with Crippen LogP contribution in [0, 0.1) is 0 Å². The second-order valence-corrected chi connectivity index (χ2v) is 7.54. The van der Waals surface area contributed by atoms with E-state index in [1.807, 2.05) is 44.3 Å². The van der Waals surface area contributed by atoms with Crippen molar-refractivity contribution < 1.29 is 14.3 Å². The lowest BCUT2D eigenvalue weighted by Crippen LogP contribution is -2.46. The largest absolute Gasteiger partial charge is 0.441 e. The first-order valence-corrected chi connectivity index (χ1v) is 8.47. The molecule has 0 saturated carbocycles. The molecule has 0 radical (unpaired) electrons. The van der Waals surface area contributed by atoms with Crippen LogP contribution in [-0.4, -0.2) is 38.9 Å². The molecule has 2 heterocycles. The van der Waals surface area contributed by atoms with Gasteiger partial charge in [-0.3, -0.25) is 4.79 Å². The zero-order valence-corrected chi connectivity index (χ0v) is 14.8. The summed E-state index contributed by atoms with van der Waals surface area (Å²) in [6, 6.07) is 7.59. The Morgan fingerprint density at radius 3 is 2.83 bits per heavy atom. The first kappa shape index (κ1) is 16.8. The maximum atomic E-state index is 12.5. The number of hydrogen-bond acceptors (Lipinski definition) is 3. The highest BCUT2D eigenvalue weighted by Crippen LogP contribution is 2.34. The maximum absolute atomic E-state index is 12.5. The first-order chi connectivity index (χ1) is 11.3. The van der Waals surface area contributed by atoms with E-state index in [1.165, 1.54) is 4.90 Å². The number of benzene rings is 1. The van der Waals surface area contributed by atoms with Crippen LogP contribution in [0.2, 0.25) is 0 Å². The van der Waals surface area contributed by atoms with Crippen LogP contribution in [0.25, 0.3) is 10.9 Å². The summed E-state index contributed by atoms with van der Waals surface area (Å²) in [5, 5.41) is 0.758. The number of aromatic amines is 1. The number of H-pyrrole nitrogens is 1. The highest BCUT2D eigenvalue weighted by atomic mass is 35.5. The smallest absolute Gasteiger partial charge is 0.417 e. The van der Waals surface area contributed by atoms with Gasteiger partial charge in [-0.1, -0.05) is 18.2 Å². The van der Waals surface area contributed by atoms with Crippen LogP contribution in [0.5, 0.6) is 0 Å². The van der Waals surface area contributed by atoms with Gasteiger partial charge in [-0.15, -0.1) is 11.6 Å². The highest BCUT2D eigenvalue weighted by molar-refractivity contribution is 6.21. The van der Waals surface area contributed by atoms with Crippen molar-refractivity contribution in [1.82, 2.24) is 9.88 Å². The number of amides is 2. The summed E-state index contributed by atoms with van der Waals surface area (Å²) in [4.78, 5) is 29.2. The highest BCUT2D eigenvalue weighted by Gasteiger charge is 2.50. The summed E-state index contributed by atoms with van der Waals surface area (Å²) in [7, 11) is 0. The summed E-state index contributed by atoms with van der Waals surface area (Å²) >= 11 is 5.93. The molecule has 3 rings (SSSR count). The standard InChI is InChI=1S/C18H21ClN2O3/c1-11(19)8-16(22)21-15(18(2,3)24-17(21)23)9-12-10-20-14-7-5-4-6-13(12)14/h4-7,10-11,15,20H,8-9H2,1-3H3/t11-,15-/m0/s1. The SMILES string of the molecule is C[C@H](Cl)CC(=O)N1C(=O)OC(C)(C)[C@@H]1Cc1c[nH]c2ccccc12. The van der Waals surface area contributed by atoms with E-state index >= 15 is 0 Å². The van der Waals surface area contributed by atoms with Crippen molar-refractivity contribution in [2.75, 3.05) is 0 Å². The number of hydrogen-bond donors (Lipinski definition) is 1. The Morgan fingerprint density at radius 1 is 1.42 bits per heavy atom. The van der Waals surface area contributed by atoms with Gasteiger partial charge < -0.3 is 9.72 Å². The van der Waals surface area contributed by atoms with Gasteiger partial charge in [-0.25, -0.2) is 9.69 Å². The number of ether oxygens (including phenoxy) is 1. The van der Waals surface area contributed by atoms with Crippen molar-refractivity contribution in [2.45, 2.75) is 50.6 Å². The van der Waals surface area contributed by atoms with Crippen molar-refractivity contribution in [1.29, 1.82) is 0 Å². The molecule has 5 nitrogen and oxygen atoms in total. The van der Waals surface area contributed by atoms with E-state index in [1.54, 1.807) is 6.92 Å². The minimum Gasteiger partial charge on any atom is -0.441 e. The van der Waals surface area contributed by atoms with E-state index in [9.17, 15) is 9.59 Å². The van der Waals surface area contributed by atoms with Gasteiger partial charge in [-0.05, 0) is 38.8 Å². The zero-order valence-electron chi connectivity index (χ0n) is 14.0. The number of alkyl halides is 1. The molecule has 1 fully saturated rings. The average molecular weight is 349 g/mol. The summed E-state index contributed by atoms with van der Waals surface area (Å²) in [5.41, 5.74) is 1.34. The normalized spacial score (nSPS) is 21.1. The number of nitrogens with one attached hydrogen (secondary N) is 1. The summed E-state index contributed by atoms with van der Waals surface area (Å²) in [6.07, 6.45) is 1.98. The fourth-order valence-electron chi connectivity index (χ4n) is 3.24. The number of nitrogens with zero attached hydrogens (tertiary/aromatic N) is 1. The fraction of sp³-hybridized carbons (Fsp3) is 0.444. The minimum absolute atomic E-state index is 0.108. The number of carbonyl (C=O) groups excluding carboxylic acids is 2. The molecule has 0 spiro atoms. The summed E-state index contributed by atoms with van der Waals surface area (Å²) in [6.45, 7) is 5.41. The van der Waals surface area contributed by atoms with Gasteiger partial charge in [0.15, 0.2) is 0 Å². The van der Waals surface area contributed by atoms with E-state index in [4.69, 9.17) is 16.3 Å². The Bertz CT molecular complexity index is 781. The topological polar surface area (TPSA) is 62.4 Å². The number of imide groups is 1. The van der Waals surface area contributed by atoms with E-state index in [2.05, 4.69) is 4.98 Å². The Kier molecular flexibility index (Phi) is 4.30. The molecule has 1 N–H and O–H groups in total. The number of aromatic nitrogens is 1. The van der Waals surface area contributed by atoms with E-state index in [-0.39, 0.29) is 23.7 Å². The van der Waals surface area contributed by atoms with Crippen molar-refractivity contribution in [3.05, 3.63) is 36.0 Å². The fourth-order valence-corrected chi connectivity index (χ4v) is 3.37. The second-order valence-electron chi connectivity index (χ2n) is 6.80. The summed E-state index contributed by atoms with van der Waals surface area (Å²) in [5.74, 6) is -0.294. The molecule has 1 aromatic heterocycles. The third-order valence-corrected chi connectivity index (χ3v) is 4.63. The number of para-hydroxylation sites is 1. The van der Waals surface area contributed by atoms with Crippen molar-refractivity contribution >= 4 is 34.5 Å². The molecule has 0 bridgehead atoms. The third kappa shape index (κ3) is 3.00. The molecule has 0 aliphatic carbocycles. The monoisotopic (exact) mass is 348 g/mol. The molecule has 1 saturated heterocycles. The van der Waals surface area contributed by atoms with E-state index < -0.39 is 11.7 Å². The predicted octanol–water partition coefficient (Wildman–Crippen LogP) is 3.85. The maximum Gasteiger partial charge on any atom is 0.417 e. The van der Waals surface area contributed by atoms with Gasteiger partial charge in [0, 0.05) is 28.9 Å². The molecule has 128 valence electrons. The molecule has 2 amide bonds. The number of fused-ring (bicyclic) bond motifs is 1. The lowest BCUT2D eigenvalue weighted by Gasteiger charge is -2.28. The predicted molar refractivity (Wildman–Crippen MR) is 93.1 cm³/mol. The molecule has 2 atom stereocenters. The Balaban J connectivity index is 1.93. The number of cyclic esters (lactones) is 1. The van der Waals surface area contributed by atoms with Gasteiger partial charge in [0.25, 0.3) is 0 Å². The molecule has 6 heteroatoms. The Labute approximate surface area is 145 Å². The number of rotatable bonds is 4. The van der Waals surface area contributed by atoms with Gasteiger partial charge >= 0.3 is 6.09 Å². The lowest BCUT2D eigenvalue weighted by atomic mass is 9.91. The van der Waals surface area contributed by atoms with Crippen LogP contribution in [0.1, 0.15) is 32.8 Å². The molecule has 1 aromatic carbocycles. The molecule has 24 heavy (non-hydrogen) atoms. The first-order valence-electron chi connectivity index (χ1n) is 8.03. The molecule has 1 aliphatic heterocycles. The molecule has 2 aromatic rings. The van der Waals surface area contributed by atoms with E-state index in [0.717, 1.165) is 16.5 Å². The molecule has 0 unspecified atom stereocenters. The summed E-state index contributed by atoms with van der Waals surface area (Å²) < 4.78 is 5.45. The number of carbonyl (C=O) groups is 2. The second kappa shape index (κ2) is 6.13. The average Bonchev–Trinajstić information content (AvgIpc) is 2.98. The van der Waals surface area contributed by atoms with Crippen LogP contribution in [0.4, 0.5) is 4.79 Å². The van der Waals surface area contributed by atoms with Gasteiger partial charge in [0.05, 0.1) is 6.04 Å². The zero-order chi connectivity index (χ0) is 17.5. The van der Waals surface area contributed by atoms with Crippen LogP contribution in [0.15, 0.2) is 30.5 Å². The van der Waals surface area contributed by atoms with E-state index in [0.29, 0.717) is 6.42 Å². The van der Waals surface area contributed by atoms with Crippen LogP contribution in [-0.2, 0) is 16.0 Å². The van der Waals surface area contributed by atoms with Crippen LogP contribution in [0.3, 0.4) is 0 Å². The van der Waals surface area contributed by atoms with Gasteiger partial charge in [-0.2, -0.15) is 0 Å².